The van der Waals surface area contributed by atoms with Crippen molar-refractivity contribution in [2.45, 2.75) is 26.7 Å². The van der Waals surface area contributed by atoms with E-state index in [9.17, 15) is 4.79 Å². The average molecular weight is 243 g/mol. The summed E-state index contributed by atoms with van der Waals surface area (Å²) in [5.41, 5.74) is 1.76. The van der Waals surface area contributed by atoms with Crippen LogP contribution in [0.1, 0.15) is 26.7 Å². The highest BCUT2D eigenvalue weighted by Gasteiger charge is 2.29. The zero-order valence-corrected chi connectivity index (χ0v) is 11.2. The number of rotatable bonds is 5. The van der Waals surface area contributed by atoms with Gasteiger partial charge in [-0.2, -0.15) is 0 Å². The Balaban J connectivity index is 2.37. The number of ether oxygens (including phenoxy) is 1. The average Bonchev–Trinajstić information content (AvgIpc) is 2.28. The number of nitrogens with one attached hydrogen (secondary N) is 1. The molecule has 0 saturated carbocycles. The summed E-state index contributed by atoms with van der Waals surface area (Å²) in [4.78, 5) is 13.8. The van der Waals surface area contributed by atoms with Crippen molar-refractivity contribution in [3.8, 4) is 0 Å². The summed E-state index contributed by atoms with van der Waals surface area (Å²) in [6.45, 7) is 7.22. The minimum Gasteiger partial charge on any atom is -0.381 e. The Morgan fingerprint density at radius 2 is 2.29 bits per heavy atom. The molecule has 1 atom stereocenters. The van der Waals surface area contributed by atoms with E-state index in [1.54, 1.807) is 0 Å². The molecule has 1 aliphatic rings. The molecular weight excluding hydrogens is 218 g/mol. The molecular formula is C12H25N3O2. The molecule has 1 fully saturated rings. The van der Waals surface area contributed by atoms with Gasteiger partial charge in [0.1, 0.15) is 0 Å². The number of amides is 1. The quantitative estimate of drug-likeness (QED) is 0.416. The van der Waals surface area contributed by atoms with Crippen molar-refractivity contribution in [3.63, 3.8) is 0 Å². The third-order valence-corrected chi connectivity index (χ3v) is 3.24. The van der Waals surface area contributed by atoms with E-state index in [1.165, 1.54) is 6.42 Å². The molecule has 1 saturated heterocycles. The van der Waals surface area contributed by atoms with Gasteiger partial charge in [-0.15, -0.1) is 0 Å². The van der Waals surface area contributed by atoms with Crippen LogP contribution in [0.15, 0.2) is 0 Å². The van der Waals surface area contributed by atoms with E-state index in [-0.39, 0.29) is 5.91 Å². The van der Waals surface area contributed by atoms with Crippen molar-refractivity contribution in [1.29, 1.82) is 0 Å². The molecule has 1 amide bonds. The number of hydrazine groups is 1. The molecule has 100 valence electrons. The van der Waals surface area contributed by atoms with E-state index >= 15 is 0 Å². The van der Waals surface area contributed by atoms with Gasteiger partial charge in [-0.1, -0.05) is 0 Å². The molecule has 5 heteroatoms. The molecule has 1 unspecified atom stereocenters. The first-order chi connectivity index (χ1) is 7.95. The van der Waals surface area contributed by atoms with Crippen LogP contribution >= 0.6 is 0 Å². The fourth-order valence-electron chi connectivity index (χ4n) is 2.40. The molecule has 0 aromatic carbocycles. The highest BCUT2D eigenvalue weighted by atomic mass is 16.5. The SMILES string of the molecule is CN(CC1CCCOC1)CC(C)(C)C(=O)NN. The van der Waals surface area contributed by atoms with Crippen LogP contribution in [0.3, 0.4) is 0 Å². The highest BCUT2D eigenvalue weighted by Crippen LogP contribution is 2.19. The first kappa shape index (κ1) is 14.4. The third kappa shape index (κ3) is 4.61. The fourth-order valence-corrected chi connectivity index (χ4v) is 2.40. The van der Waals surface area contributed by atoms with Crippen LogP contribution in [0.4, 0.5) is 0 Å². The van der Waals surface area contributed by atoms with Crippen molar-refractivity contribution < 1.29 is 9.53 Å². The molecule has 1 aliphatic heterocycles. The summed E-state index contributed by atoms with van der Waals surface area (Å²) in [6, 6.07) is 0. The monoisotopic (exact) mass is 243 g/mol. The zero-order valence-electron chi connectivity index (χ0n) is 11.2. The maximum absolute atomic E-state index is 11.6. The Morgan fingerprint density at radius 1 is 1.59 bits per heavy atom. The standard InChI is InChI=1S/C12H25N3O2/c1-12(2,11(16)14-13)9-15(3)7-10-5-4-6-17-8-10/h10H,4-9,13H2,1-3H3,(H,14,16). The van der Waals surface area contributed by atoms with Gasteiger partial charge in [0.05, 0.1) is 12.0 Å². The Labute approximate surface area is 104 Å². The molecule has 17 heavy (non-hydrogen) atoms. The molecule has 3 N–H and O–H groups in total. The first-order valence-electron chi connectivity index (χ1n) is 6.23. The second-order valence-electron chi connectivity index (χ2n) is 5.64. The molecule has 0 aromatic heterocycles. The third-order valence-electron chi connectivity index (χ3n) is 3.24. The summed E-state index contributed by atoms with van der Waals surface area (Å²) in [7, 11) is 2.04. The second-order valence-corrected chi connectivity index (χ2v) is 5.64. The second kappa shape index (κ2) is 6.33. The molecule has 1 rings (SSSR count). The van der Waals surface area contributed by atoms with Gasteiger partial charge in [0.2, 0.25) is 5.91 Å². The Morgan fingerprint density at radius 3 is 2.82 bits per heavy atom. The van der Waals surface area contributed by atoms with Crippen LogP contribution in [-0.4, -0.2) is 44.2 Å². The van der Waals surface area contributed by atoms with Crippen molar-refractivity contribution >= 4 is 5.91 Å². The number of carbonyl (C=O) groups is 1. The fraction of sp³-hybridized carbons (Fsp3) is 0.917. The van der Waals surface area contributed by atoms with E-state index in [1.807, 2.05) is 20.9 Å². The number of nitrogens with zero attached hydrogens (tertiary/aromatic N) is 1. The number of nitrogens with two attached hydrogens (primary N) is 1. The Hall–Kier alpha value is -0.650. The molecule has 1 heterocycles. The maximum Gasteiger partial charge on any atom is 0.240 e. The number of hydrogen-bond donors (Lipinski definition) is 2. The van der Waals surface area contributed by atoms with Crippen LogP contribution in [0.5, 0.6) is 0 Å². The minimum absolute atomic E-state index is 0.121. The van der Waals surface area contributed by atoms with Crippen LogP contribution in [-0.2, 0) is 9.53 Å². The number of carbonyl (C=O) groups excluding carboxylic acids is 1. The largest absolute Gasteiger partial charge is 0.381 e. The topological polar surface area (TPSA) is 67.6 Å². The van der Waals surface area contributed by atoms with Crippen molar-refractivity contribution in [2.75, 3.05) is 33.4 Å². The van der Waals surface area contributed by atoms with Crippen LogP contribution < -0.4 is 11.3 Å². The summed E-state index contributed by atoms with van der Waals surface area (Å²) in [6.07, 6.45) is 2.36. The normalized spacial score (nSPS) is 21.6. The summed E-state index contributed by atoms with van der Waals surface area (Å²) in [5.74, 6) is 5.65. The van der Waals surface area contributed by atoms with Gasteiger partial charge in [-0.25, -0.2) is 5.84 Å². The van der Waals surface area contributed by atoms with E-state index in [0.29, 0.717) is 12.5 Å². The predicted octanol–water partition coefficient (Wildman–Crippen LogP) is 0.361. The molecule has 5 nitrogen and oxygen atoms in total. The van der Waals surface area contributed by atoms with Gasteiger partial charge in [-0.05, 0) is 39.7 Å². The molecule has 0 aliphatic carbocycles. The van der Waals surface area contributed by atoms with Crippen molar-refractivity contribution in [1.82, 2.24) is 10.3 Å². The van der Waals surface area contributed by atoms with Gasteiger partial charge >= 0.3 is 0 Å². The zero-order chi connectivity index (χ0) is 12.9. The maximum atomic E-state index is 11.6. The molecule has 0 spiro atoms. The summed E-state index contributed by atoms with van der Waals surface area (Å²) in [5, 5.41) is 0. The Bertz CT molecular complexity index is 250. The summed E-state index contributed by atoms with van der Waals surface area (Å²) < 4.78 is 5.46. The Kier molecular flexibility index (Phi) is 5.36. The van der Waals surface area contributed by atoms with Gasteiger partial charge in [0, 0.05) is 19.7 Å². The predicted molar refractivity (Wildman–Crippen MR) is 67.2 cm³/mol. The van der Waals surface area contributed by atoms with Gasteiger partial charge in [0.25, 0.3) is 0 Å². The highest BCUT2D eigenvalue weighted by molar-refractivity contribution is 5.81. The smallest absolute Gasteiger partial charge is 0.240 e. The van der Waals surface area contributed by atoms with E-state index in [4.69, 9.17) is 10.6 Å². The van der Waals surface area contributed by atoms with Gasteiger partial charge in [0.15, 0.2) is 0 Å². The van der Waals surface area contributed by atoms with Crippen LogP contribution in [0.2, 0.25) is 0 Å². The molecule has 0 aromatic rings. The lowest BCUT2D eigenvalue weighted by Gasteiger charge is -2.32. The lowest BCUT2D eigenvalue weighted by molar-refractivity contribution is -0.130. The van der Waals surface area contributed by atoms with Crippen LogP contribution in [0.25, 0.3) is 0 Å². The van der Waals surface area contributed by atoms with E-state index in [2.05, 4.69) is 10.3 Å². The van der Waals surface area contributed by atoms with E-state index in [0.717, 1.165) is 26.2 Å². The minimum atomic E-state index is -0.459. The van der Waals surface area contributed by atoms with Crippen molar-refractivity contribution in [2.24, 2.45) is 17.2 Å². The lowest BCUT2D eigenvalue weighted by Crippen LogP contribution is -2.47. The lowest BCUT2D eigenvalue weighted by atomic mass is 9.91. The number of hydrogen-bond acceptors (Lipinski definition) is 4. The molecule has 0 radical (unpaired) electrons. The molecule has 0 bridgehead atoms. The van der Waals surface area contributed by atoms with Gasteiger partial charge < -0.3 is 9.64 Å². The summed E-state index contributed by atoms with van der Waals surface area (Å²) >= 11 is 0. The van der Waals surface area contributed by atoms with Gasteiger partial charge in [-0.3, -0.25) is 10.2 Å². The van der Waals surface area contributed by atoms with Crippen LogP contribution in [0, 0.1) is 11.3 Å². The van der Waals surface area contributed by atoms with Crippen molar-refractivity contribution in [3.05, 3.63) is 0 Å². The first-order valence-corrected chi connectivity index (χ1v) is 6.23. The van der Waals surface area contributed by atoms with E-state index < -0.39 is 5.41 Å².